The molecule has 0 aliphatic heterocycles. The lowest BCUT2D eigenvalue weighted by molar-refractivity contribution is -0.122. The zero-order valence-corrected chi connectivity index (χ0v) is 13.1. The summed E-state index contributed by atoms with van der Waals surface area (Å²) < 4.78 is 5.09. The smallest absolute Gasteiger partial charge is 0.223 e. The average molecular weight is 311 g/mol. The molecular weight excluding hydrogens is 290 g/mol. The van der Waals surface area contributed by atoms with Crippen molar-refractivity contribution in [2.45, 2.75) is 18.4 Å². The molecule has 23 heavy (non-hydrogen) atoms. The van der Waals surface area contributed by atoms with Crippen LogP contribution in [0.5, 0.6) is 5.75 Å². The molecule has 0 bridgehead atoms. The molecule has 1 aliphatic carbocycles. The van der Waals surface area contributed by atoms with Crippen molar-refractivity contribution in [1.82, 2.24) is 5.32 Å². The number of hydrogen-bond donors (Lipinski definition) is 2. The van der Waals surface area contributed by atoms with Crippen LogP contribution in [0, 0.1) is 5.92 Å². The van der Waals surface area contributed by atoms with Gasteiger partial charge < -0.3 is 15.2 Å². The van der Waals surface area contributed by atoms with Crippen molar-refractivity contribution in [3.05, 3.63) is 65.7 Å². The quantitative estimate of drug-likeness (QED) is 0.862. The van der Waals surface area contributed by atoms with E-state index in [1.54, 1.807) is 31.4 Å². The number of rotatable bonds is 6. The van der Waals surface area contributed by atoms with Crippen molar-refractivity contribution in [2.24, 2.45) is 5.92 Å². The summed E-state index contributed by atoms with van der Waals surface area (Å²) in [5, 5.41) is 13.0. The van der Waals surface area contributed by atoms with Gasteiger partial charge in [0.1, 0.15) is 5.75 Å². The second-order valence-electron chi connectivity index (χ2n) is 5.89. The SMILES string of the molecule is COc1ccc(C(O)CNC(=O)C2CC2c2ccccc2)cc1. The van der Waals surface area contributed by atoms with Gasteiger partial charge in [0.2, 0.25) is 5.91 Å². The van der Waals surface area contributed by atoms with Crippen LogP contribution in [0.2, 0.25) is 0 Å². The lowest BCUT2D eigenvalue weighted by Gasteiger charge is -2.13. The van der Waals surface area contributed by atoms with Gasteiger partial charge in [0.25, 0.3) is 0 Å². The molecular formula is C19H21NO3. The van der Waals surface area contributed by atoms with Crippen LogP contribution in [-0.2, 0) is 4.79 Å². The van der Waals surface area contributed by atoms with E-state index >= 15 is 0 Å². The minimum Gasteiger partial charge on any atom is -0.497 e. The second-order valence-corrected chi connectivity index (χ2v) is 5.89. The van der Waals surface area contributed by atoms with Gasteiger partial charge in [-0.15, -0.1) is 0 Å². The van der Waals surface area contributed by atoms with Crippen molar-refractivity contribution >= 4 is 5.91 Å². The monoisotopic (exact) mass is 311 g/mol. The van der Waals surface area contributed by atoms with Gasteiger partial charge in [0.15, 0.2) is 0 Å². The predicted molar refractivity (Wildman–Crippen MR) is 88.3 cm³/mol. The molecule has 0 aromatic heterocycles. The van der Waals surface area contributed by atoms with Crippen LogP contribution >= 0.6 is 0 Å². The van der Waals surface area contributed by atoms with Gasteiger partial charge in [0, 0.05) is 12.5 Å². The fourth-order valence-electron chi connectivity index (χ4n) is 2.83. The van der Waals surface area contributed by atoms with Crippen molar-refractivity contribution in [2.75, 3.05) is 13.7 Å². The summed E-state index contributed by atoms with van der Waals surface area (Å²) in [6.45, 7) is 0.225. The van der Waals surface area contributed by atoms with Gasteiger partial charge >= 0.3 is 0 Å². The molecule has 4 nitrogen and oxygen atoms in total. The summed E-state index contributed by atoms with van der Waals surface area (Å²) in [4.78, 5) is 12.2. The van der Waals surface area contributed by atoms with Crippen LogP contribution in [0.25, 0.3) is 0 Å². The number of hydrogen-bond acceptors (Lipinski definition) is 3. The first-order valence-corrected chi connectivity index (χ1v) is 7.83. The summed E-state index contributed by atoms with van der Waals surface area (Å²) >= 11 is 0. The minimum absolute atomic E-state index is 0.0198. The second kappa shape index (κ2) is 6.84. The van der Waals surface area contributed by atoms with Crippen LogP contribution in [0.15, 0.2) is 54.6 Å². The van der Waals surface area contributed by atoms with Gasteiger partial charge in [-0.3, -0.25) is 4.79 Å². The highest BCUT2D eigenvalue weighted by atomic mass is 16.5. The molecule has 1 fully saturated rings. The number of methoxy groups -OCH3 is 1. The fraction of sp³-hybridized carbons (Fsp3) is 0.316. The molecule has 1 aliphatic rings. The van der Waals surface area contributed by atoms with Gasteiger partial charge in [-0.1, -0.05) is 42.5 Å². The Morgan fingerprint density at radius 1 is 1.22 bits per heavy atom. The summed E-state index contributed by atoms with van der Waals surface area (Å²) in [5.41, 5.74) is 1.98. The van der Waals surface area contributed by atoms with Crippen LogP contribution in [0.4, 0.5) is 0 Å². The molecule has 4 heteroatoms. The molecule has 120 valence electrons. The molecule has 0 saturated heterocycles. The standard InChI is InChI=1S/C19H21NO3/c1-23-15-9-7-14(8-10-15)18(21)12-20-19(22)17-11-16(17)13-5-3-2-4-6-13/h2-10,16-18,21H,11-12H2,1H3,(H,20,22). The third kappa shape index (κ3) is 3.71. The average Bonchev–Trinajstić information content (AvgIpc) is 3.41. The Labute approximate surface area is 136 Å². The fourth-order valence-corrected chi connectivity index (χ4v) is 2.83. The Hall–Kier alpha value is -2.33. The van der Waals surface area contributed by atoms with Crippen LogP contribution < -0.4 is 10.1 Å². The van der Waals surface area contributed by atoms with E-state index in [0.29, 0.717) is 5.92 Å². The Morgan fingerprint density at radius 2 is 1.91 bits per heavy atom. The first-order chi connectivity index (χ1) is 11.2. The number of nitrogens with one attached hydrogen (secondary N) is 1. The van der Waals surface area contributed by atoms with Crippen LogP contribution in [-0.4, -0.2) is 24.7 Å². The summed E-state index contributed by atoms with van der Waals surface area (Å²) in [6.07, 6.45) is 0.174. The maximum Gasteiger partial charge on any atom is 0.223 e. The van der Waals surface area contributed by atoms with Gasteiger partial charge in [-0.2, -0.15) is 0 Å². The maximum atomic E-state index is 12.2. The molecule has 2 N–H and O–H groups in total. The normalized spacial score (nSPS) is 20.6. The van der Waals surface area contributed by atoms with E-state index in [9.17, 15) is 9.90 Å². The highest BCUT2D eigenvalue weighted by Gasteiger charge is 2.43. The summed E-state index contributed by atoms with van der Waals surface area (Å²) in [7, 11) is 1.60. The number of ether oxygens (including phenoxy) is 1. The minimum atomic E-state index is -0.709. The number of aliphatic hydroxyl groups excluding tert-OH is 1. The Morgan fingerprint density at radius 3 is 2.57 bits per heavy atom. The summed E-state index contributed by atoms with van der Waals surface area (Å²) in [6, 6.07) is 17.3. The van der Waals surface area contributed by atoms with Crippen LogP contribution in [0.3, 0.4) is 0 Å². The number of aliphatic hydroxyl groups is 1. The van der Waals surface area contributed by atoms with Gasteiger partial charge in [-0.25, -0.2) is 0 Å². The molecule has 0 heterocycles. The molecule has 3 rings (SSSR count). The molecule has 0 radical (unpaired) electrons. The van der Waals surface area contributed by atoms with Crippen molar-refractivity contribution < 1.29 is 14.6 Å². The Kier molecular flexibility index (Phi) is 4.63. The highest BCUT2D eigenvalue weighted by molar-refractivity contribution is 5.82. The Balaban J connectivity index is 1.49. The van der Waals surface area contributed by atoms with E-state index < -0.39 is 6.10 Å². The van der Waals surface area contributed by atoms with E-state index in [0.717, 1.165) is 17.7 Å². The summed E-state index contributed by atoms with van der Waals surface area (Å²) in [5.74, 6) is 1.11. The van der Waals surface area contributed by atoms with Gasteiger partial charge in [-0.05, 0) is 35.6 Å². The van der Waals surface area contributed by atoms with Crippen molar-refractivity contribution in [3.8, 4) is 5.75 Å². The maximum absolute atomic E-state index is 12.2. The molecule has 1 saturated carbocycles. The van der Waals surface area contributed by atoms with Crippen molar-refractivity contribution in [1.29, 1.82) is 0 Å². The van der Waals surface area contributed by atoms with Gasteiger partial charge in [0.05, 0.1) is 13.2 Å². The van der Waals surface area contributed by atoms with E-state index in [4.69, 9.17) is 4.74 Å². The predicted octanol–water partition coefficient (Wildman–Crippen LogP) is 2.65. The highest BCUT2D eigenvalue weighted by Crippen LogP contribution is 2.47. The van der Waals surface area contributed by atoms with E-state index in [1.807, 2.05) is 18.2 Å². The largest absolute Gasteiger partial charge is 0.497 e. The third-order valence-corrected chi connectivity index (χ3v) is 4.33. The molecule has 2 aromatic carbocycles. The van der Waals surface area contributed by atoms with E-state index in [2.05, 4.69) is 17.4 Å². The van der Waals surface area contributed by atoms with Crippen molar-refractivity contribution in [3.63, 3.8) is 0 Å². The Bertz CT molecular complexity index is 654. The van der Waals surface area contributed by atoms with E-state index in [1.165, 1.54) is 5.56 Å². The number of benzene rings is 2. The zero-order chi connectivity index (χ0) is 16.2. The topological polar surface area (TPSA) is 58.6 Å². The number of carbonyl (C=O) groups excluding carboxylic acids is 1. The third-order valence-electron chi connectivity index (χ3n) is 4.33. The molecule has 3 atom stereocenters. The first-order valence-electron chi connectivity index (χ1n) is 7.83. The van der Waals surface area contributed by atoms with E-state index in [-0.39, 0.29) is 18.4 Å². The molecule has 2 aromatic rings. The number of amides is 1. The molecule has 0 spiro atoms. The van der Waals surface area contributed by atoms with Crippen LogP contribution in [0.1, 0.15) is 29.6 Å². The molecule has 1 amide bonds. The first kappa shape index (κ1) is 15.6. The lowest BCUT2D eigenvalue weighted by Crippen LogP contribution is -2.30. The molecule has 3 unspecified atom stereocenters. The zero-order valence-electron chi connectivity index (χ0n) is 13.1. The lowest BCUT2D eigenvalue weighted by atomic mass is 10.1. The number of carbonyl (C=O) groups is 1.